The van der Waals surface area contributed by atoms with E-state index in [1.54, 1.807) is 30.9 Å². The molecule has 0 aromatic heterocycles. The topological polar surface area (TPSA) is 69.6 Å². The molecule has 0 saturated carbocycles. The fraction of sp³-hybridized carbons (Fsp3) is 0.304. The molecular weight excluding hydrogens is 352 g/mol. The van der Waals surface area contributed by atoms with Crippen LogP contribution in [0.1, 0.15) is 25.8 Å². The normalized spacial score (nSPS) is 20.8. The molecule has 2 amide bonds. The fourth-order valence-electron chi connectivity index (χ4n) is 3.56. The van der Waals surface area contributed by atoms with Crippen LogP contribution in [0.15, 0.2) is 72.8 Å². The summed E-state index contributed by atoms with van der Waals surface area (Å²) in [6.45, 7) is 7.89. The summed E-state index contributed by atoms with van der Waals surface area (Å²) in [5.41, 5.74) is -0.486. The van der Waals surface area contributed by atoms with Gasteiger partial charge in [-0.3, -0.25) is 9.59 Å². The van der Waals surface area contributed by atoms with Crippen LogP contribution < -0.4 is 5.32 Å². The van der Waals surface area contributed by atoms with Crippen LogP contribution in [0, 0.1) is 5.41 Å². The van der Waals surface area contributed by atoms with Gasteiger partial charge in [0.1, 0.15) is 5.60 Å². The zero-order valence-corrected chi connectivity index (χ0v) is 16.3. The summed E-state index contributed by atoms with van der Waals surface area (Å²) in [5, 5.41) is 14.1. The predicted molar refractivity (Wildman–Crippen MR) is 109 cm³/mol. The monoisotopic (exact) mass is 378 g/mol. The third-order valence-corrected chi connectivity index (χ3v) is 5.51. The Kier molecular flexibility index (Phi) is 5.38. The van der Waals surface area contributed by atoms with Crippen molar-refractivity contribution in [3.8, 4) is 0 Å². The van der Waals surface area contributed by atoms with E-state index in [1.165, 1.54) is 0 Å². The molecule has 5 nitrogen and oxygen atoms in total. The molecule has 1 atom stereocenters. The molecule has 0 aliphatic carbocycles. The minimum absolute atomic E-state index is 0.0235. The average molecular weight is 378 g/mol. The predicted octanol–water partition coefficient (Wildman–Crippen LogP) is 3.37. The number of carbonyl (C=O) groups is 2. The SMILES string of the molecule is C=C(CC1(O)CN(Cc2ccccc2)C(=O)C1(C)C)C(=O)Nc1ccccc1. The zero-order valence-electron chi connectivity index (χ0n) is 16.3. The minimum Gasteiger partial charge on any atom is -0.387 e. The summed E-state index contributed by atoms with van der Waals surface area (Å²) in [5.74, 6) is -0.487. The molecule has 1 fully saturated rings. The smallest absolute Gasteiger partial charge is 0.251 e. The standard InChI is InChI=1S/C23H26N2O3/c1-17(20(26)24-19-12-8-5-9-13-19)14-23(28)16-25(21(27)22(23,2)3)15-18-10-6-4-7-11-18/h4-13,28H,1,14-16H2,2-3H3,(H,24,26). The molecule has 0 spiro atoms. The number of carbonyl (C=O) groups excluding carboxylic acids is 2. The maximum atomic E-state index is 12.9. The van der Waals surface area contributed by atoms with E-state index in [2.05, 4.69) is 11.9 Å². The molecule has 1 saturated heterocycles. The van der Waals surface area contributed by atoms with Gasteiger partial charge in [-0.25, -0.2) is 0 Å². The van der Waals surface area contributed by atoms with E-state index >= 15 is 0 Å². The summed E-state index contributed by atoms with van der Waals surface area (Å²) in [6.07, 6.45) is 0.0235. The Morgan fingerprint density at radius 1 is 1.11 bits per heavy atom. The number of para-hydroxylation sites is 1. The second kappa shape index (κ2) is 7.60. The lowest BCUT2D eigenvalue weighted by Crippen LogP contribution is -2.46. The first kappa shape index (κ1) is 19.8. The van der Waals surface area contributed by atoms with Gasteiger partial charge in [0.2, 0.25) is 5.91 Å². The summed E-state index contributed by atoms with van der Waals surface area (Å²) in [6, 6.07) is 18.7. The number of hydrogen-bond acceptors (Lipinski definition) is 3. The molecule has 1 unspecified atom stereocenters. The molecule has 2 aromatic rings. The van der Waals surface area contributed by atoms with Crippen LogP contribution in [0.4, 0.5) is 5.69 Å². The van der Waals surface area contributed by atoms with Crippen molar-refractivity contribution in [2.45, 2.75) is 32.4 Å². The van der Waals surface area contributed by atoms with E-state index in [4.69, 9.17) is 0 Å². The molecule has 146 valence electrons. The number of β-amino-alcohol motifs (C(OH)–C–C–N with tert-alkyl or cyclic N) is 1. The van der Waals surface area contributed by atoms with Crippen LogP contribution in [0.2, 0.25) is 0 Å². The summed E-state index contributed by atoms with van der Waals surface area (Å²) in [4.78, 5) is 27.1. The number of nitrogens with zero attached hydrogens (tertiary/aromatic N) is 1. The molecule has 0 bridgehead atoms. The van der Waals surface area contributed by atoms with Crippen molar-refractivity contribution in [2.24, 2.45) is 5.41 Å². The van der Waals surface area contributed by atoms with Crippen molar-refractivity contribution in [3.63, 3.8) is 0 Å². The third kappa shape index (κ3) is 3.85. The van der Waals surface area contributed by atoms with Gasteiger partial charge in [0, 0.05) is 24.2 Å². The molecule has 1 aliphatic heterocycles. The summed E-state index contributed by atoms with van der Waals surface area (Å²) >= 11 is 0. The van der Waals surface area contributed by atoms with Gasteiger partial charge < -0.3 is 15.3 Å². The highest BCUT2D eigenvalue weighted by atomic mass is 16.3. The van der Waals surface area contributed by atoms with Gasteiger partial charge in [0.25, 0.3) is 5.91 Å². The number of amides is 2. The van der Waals surface area contributed by atoms with Gasteiger partial charge in [-0.15, -0.1) is 0 Å². The summed E-state index contributed by atoms with van der Waals surface area (Å²) in [7, 11) is 0. The first-order valence-electron chi connectivity index (χ1n) is 9.33. The van der Waals surface area contributed by atoms with Gasteiger partial charge in [0.15, 0.2) is 0 Å². The number of aliphatic hydroxyl groups is 1. The molecule has 0 radical (unpaired) electrons. The number of hydrogen-bond donors (Lipinski definition) is 2. The number of nitrogens with one attached hydrogen (secondary N) is 1. The van der Waals surface area contributed by atoms with Crippen molar-refractivity contribution >= 4 is 17.5 Å². The van der Waals surface area contributed by atoms with Gasteiger partial charge >= 0.3 is 0 Å². The van der Waals surface area contributed by atoms with Gasteiger partial charge in [-0.05, 0) is 31.5 Å². The van der Waals surface area contributed by atoms with Gasteiger partial charge in [-0.2, -0.15) is 0 Å². The fourth-order valence-corrected chi connectivity index (χ4v) is 3.56. The van der Waals surface area contributed by atoms with Crippen LogP contribution in [-0.4, -0.2) is 34.0 Å². The lowest BCUT2D eigenvalue weighted by Gasteiger charge is -2.33. The van der Waals surface area contributed by atoms with Gasteiger partial charge in [0.05, 0.1) is 12.0 Å². The minimum atomic E-state index is -1.37. The Morgan fingerprint density at radius 3 is 2.29 bits per heavy atom. The highest BCUT2D eigenvalue weighted by Gasteiger charge is 2.57. The number of likely N-dealkylation sites (tertiary alicyclic amines) is 1. The van der Waals surface area contributed by atoms with Crippen LogP contribution in [0.25, 0.3) is 0 Å². The molecule has 2 aromatic carbocycles. The van der Waals surface area contributed by atoms with E-state index in [1.807, 2.05) is 48.5 Å². The molecule has 28 heavy (non-hydrogen) atoms. The Labute approximate surface area is 165 Å². The second-order valence-electron chi connectivity index (χ2n) is 7.90. The average Bonchev–Trinajstić information content (AvgIpc) is 2.83. The maximum absolute atomic E-state index is 12.9. The molecule has 1 heterocycles. The highest BCUT2D eigenvalue weighted by Crippen LogP contribution is 2.44. The number of rotatable bonds is 6. The quantitative estimate of drug-likeness (QED) is 0.757. The van der Waals surface area contributed by atoms with E-state index in [0.29, 0.717) is 12.2 Å². The molecular formula is C23H26N2O3. The van der Waals surface area contributed by atoms with Crippen molar-refractivity contribution in [1.29, 1.82) is 0 Å². The van der Waals surface area contributed by atoms with Gasteiger partial charge in [-0.1, -0.05) is 55.1 Å². The lowest BCUT2D eigenvalue weighted by molar-refractivity contribution is -0.139. The Bertz CT molecular complexity index is 877. The Hall–Kier alpha value is -2.92. The Morgan fingerprint density at radius 2 is 1.68 bits per heavy atom. The Balaban J connectivity index is 1.71. The van der Waals surface area contributed by atoms with Crippen molar-refractivity contribution in [2.75, 3.05) is 11.9 Å². The van der Waals surface area contributed by atoms with Crippen LogP contribution in [0.3, 0.4) is 0 Å². The molecule has 5 heteroatoms. The zero-order chi connectivity index (χ0) is 20.4. The third-order valence-electron chi connectivity index (χ3n) is 5.51. The van der Waals surface area contributed by atoms with Crippen molar-refractivity contribution in [3.05, 3.63) is 78.4 Å². The van der Waals surface area contributed by atoms with E-state index < -0.39 is 11.0 Å². The first-order valence-corrected chi connectivity index (χ1v) is 9.33. The van der Waals surface area contributed by atoms with E-state index in [-0.39, 0.29) is 30.4 Å². The first-order chi connectivity index (χ1) is 13.2. The van der Waals surface area contributed by atoms with Crippen LogP contribution in [0.5, 0.6) is 0 Å². The van der Waals surface area contributed by atoms with E-state index in [0.717, 1.165) is 5.56 Å². The maximum Gasteiger partial charge on any atom is 0.251 e. The van der Waals surface area contributed by atoms with Crippen LogP contribution in [-0.2, 0) is 16.1 Å². The number of anilines is 1. The van der Waals surface area contributed by atoms with Crippen molar-refractivity contribution in [1.82, 2.24) is 4.90 Å². The second-order valence-corrected chi connectivity index (χ2v) is 7.90. The molecule has 3 rings (SSSR count). The summed E-state index contributed by atoms with van der Waals surface area (Å²) < 4.78 is 0. The highest BCUT2D eigenvalue weighted by molar-refractivity contribution is 6.03. The van der Waals surface area contributed by atoms with E-state index in [9.17, 15) is 14.7 Å². The van der Waals surface area contributed by atoms with Crippen LogP contribution >= 0.6 is 0 Å². The lowest BCUT2D eigenvalue weighted by atomic mass is 9.74. The molecule has 2 N–H and O–H groups in total. The number of benzene rings is 2. The molecule has 1 aliphatic rings. The largest absolute Gasteiger partial charge is 0.387 e. The van der Waals surface area contributed by atoms with Crippen molar-refractivity contribution < 1.29 is 14.7 Å².